The SMILES string of the molecule is CC1(C)CC(=O)c2sc(N3CCOCC3)c(-c3ccnc(-c4cccc(N[C@@H]5CCN(C(=O)O)C5)c4)c3)c2C1. The van der Waals surface area contributed by atoms with Gasteiger partial charge in [-0.2, -0.15) is 0 Å². The number of anilines is 2. The lowest BCUT2D eigenvalue weighted by Crippen LogP contribution is -2.36. The molecule has 6 rings (SSSR count). The fourth-order valence-corrected chi connectivity index (χ4v) is 7.32. The number of Topliss-reactive ketones (excluding diaryl/α,β-unsaturated/α-hetero) is 1. The normalized spacial score (nSPS) is 20.7. The summed E-state index contributed by atoms with van der Waals surface area (Å²) in [5, 5.41) is 13.9. The van der Waals surface area contributed by atoms with Crippen molar-refractivity contribution in [2.24, 2.45) is 5.41 Å². The van der Waals surface area contributed by atoms with E-state index in [1.165, 1.54) is 10.5 Å². The van der Waals surface area contributed by atoms with Crippen LogP contribution in [0.3, 0.4) is 0 Å². The number of ether oxygens (including phenoxy) is 1. The van der Waals surface area contributed by atoms with Gasteiger partial charge in [-0.25, -0.2) is 4.79 Å². The number of fused-ring (bicyclic) bond motifs is 1. The number of carboxylic acid groups (broad SMARTS) is 1. The standard InChI is InChI=1S/C30H34N4O4S/c1-30(2)16-23-26(28(33-10-12-38-13-11-33)39-27(23)25(35)17-30)20-6-8-31-24(15-20)19-4-3-5-21(14-19)32-22-7-9-34(18-22)29(36)37/h3-6,8,14-15,22,32H,7,9-13,16-18H2,1-2H3,(H,36,37)/t22-/m1/s1. The van der Waals surface area contributed by atoms with Gasteiger partial charge in [0.1, 0.15) is 0 Å². The van der Waals surface area contributed by atoms with E-state index in [2.05, 4.69) is 42.3 Å². The second-order valence-electron chi connectivity index (χ2n) is 11.5. The van der Waals surface area contributed by atoms with E-state index in [0.717, 1.165) is 63.9 Å². The lowest BCUT2D eigenvalue weighted by Gasteiger charge is -2.30. The Morgan fingerprint density at radius 1 is 1.13 bits per heavy atom. The number of carbonyl (C=O) groups is 2. The molecule has 0 bridgehead atoms. The highest BCUT2D eigenvalue weighted by atomic mass is 32.1. The van der Waals surface area contributed by atoms with Crippen LogP contribution in [0.15, 0.2) is 42.6 Å². The first kappa shape index (κ1) is 25.8. The summed E-state index contributed by atoms with van der Waals surface area (Å²) in [5.74, 6) is 0.244. The van der Waals surface area contributed by atoms with Crippen LogP contribution < -0.4 is 10.2 Å². The Labute approximate surface area is 232 Å². The van der Waals surface area contributed by atoms with E-state index in [1.54, 1.807) is 11.3 Å². The molecule has 2 N–H and O–H groups in total. The quantitative estimate of drug-likeness (QED) is 0.428. The summed E-state index contributed by atoms with van der Waals surface area (Å²) >= 11 is 1.64. The van der Waals surface area contributed by atoms with Crippen LogP contribution >= 0.6 is 11.3 Å². The first-order valence-corrected chi connectivity index (χ1v) is 14.4. The first-order valence-electron chi connectivity index (χ1n) is 13.6. The third kappa shape index (κ3) is 5.25. The molecule has 2 fully saturated rings. The van der Waals surface area contributed by atoms with Crippen molar-refractivity contribution in [3.8, 4) is 22.4 Å². The number of aromatic nitrogens is 1. The van der Waals surface area contributed by atoms with Crippen molar-refractivity contribution >= 4 is 33.9 Å². The number of thiophene rings is 1. The molecule has 0 spiro atoms. The second-order valence-corrected chi connectivity index (χ2v) is 12.5. The predicted molar refractivity (Wildman–Crippen MR) is 154 cm³/mol. The molecule has 9 heteroatoms. The molecular formula is C30H34N4O4S. The minimum Gasteiger partial charge on any atom is -0.465 e. The van der Waals surface area contributed by atoms with Gasteiger partial charge in [-0.15, -0.1) is 11.3 Å². The minimum absolute atomic E-state index is 0.0749. The maximum absolute atomic E-state index is 13.2. The summed E-state index contributed by atoms with van der Waals surface area (Å²) in [6.07, 6.45) is 3.22. The lowest BCUT2D eigenvalue weighted by atomic mass is 9.75. The van der Waals surface area contributed by atoms with E-state index in [0.29, 0.717) is 32.7 Å². The number of likely N-dealkylation sites (tertiary alicyclic amines) is 1. The number of pyridine rings is 1. The maximum Gasteiger partial charge on any atom is 0.407 e. The van der Waals surface area contributed by atoms with Crippen molar-refractivity contribution in [1.29, 1.82) is 0 Å². The number of nitrogens with one attached hydrogen (secondary N) is 1. The minimum atomic E-state index is -0.869. The monoisotopic (exact) mass is 546 g/mol. The van der Waals surface area contributed by atoms with E-state index in [9.17, 15) is 14.7 Å². The summed E-state index contributed by atoms with van der Waals surface area (Å²) in [4.78, 5) is 34.0. The Kier molecular flexibility index (Phi) is 6.81. The fourth-order valence-electron chi connectivity index (χ4n) is 5.99. The summed E-state index contributed by atoms with van der Waals surface area (Å²) < 4.78 is 5.62. The highest BCUT2D eigenvalue weighted by Gasteiger charge is 2.37. The average Bonchev–Trinajstić information content (AvgIpc) is 3.54. The maximum atomic E-state index is 13.2. The number of rotatable bonds is 5. The van der Waals surface area contributed by atoms with Gasteiger partial charge in [-0.05, 0) is 53.6 Å². The number of ketones is 1. The summed E-state index contributed by atoms with van der Waals surface area (Å²) in [6.45, 7) is 8.40. The van der Waals surface area contributed by atoms with Gasteiger partial charge in [0.2, 0.25) is 0 Å². The zero-order chi connectivity index (χ0) is 27.1. The Balaban J connectivity index is 1.35. The predicted octanol–water partition coefficient (Wildman–Crippen LogP) is 5.63. The Hall–Kier alpha value is -3.43. The molecule has 0 saturated carbocycles. The van der Waals surface area contributed by atoms with Gasteiger partial charge in [-0.1, -0.05) is 26.0 Å². The van der Waals surface area contributed by atoms with Crippen LogP contribution in [0, 0.1) is 5.41 Å². The molecule has 3 aliphatic rings. The van der Waals surface area contributed by atoms with Crippen molar-refractivity contribution in [1.82, 2.24) is 9.88 Å². The lowest BCUT2D eigenvalue weighted by molar-refractivity contribution is 0.0917. The first-order chi connectivity index (χ1) is 18.8. The van der Waals surface area contributed by atoms with Crippen LogP contribution in [0.2, 0.25) is 0 Å². The average molecular weight is 547 g/mol. The van der Waals surface area contributed by atoms with Crippen LogP contribution in [0.5, 0.6) is 0 Å². The van der Waals surface area contributed by atoms with Crippen LogP contribution in [-0.2, 0) is 11.2 Å². The molecular weight excluding hydrogens is 512 g/mol. The van der Waals surface area contributed by atoms with Crippen molar-refractivity contribution in [2.45, 2.75) is 39.2 Å². The number of hydrogen-bond donors (Lipinski definition) is 2. The van der Waals surface area contributed by atoms with Gasteiger partial charge >= 0.3 is 6.09 Å². The number of hydrogen-bond acceptors (Lipinski definition) is 7. The molecule has 1 amide bonds. The van der Waals surface area contributed by atoms with Crippen molar-refractivity contribution in [2.75, 3.05) is 49.6 Å². The second kappa shape index (κ2) is 10.3. The van der Waals surface area contributed by atoms with Crippen molar-refractivity contribution in [3.05, 3.63) is 53.0 Å². The van der Waals surface area contributed by atoms with E-state index in [4.69, 9.17) is 9.72 Å². The molecule has 0 radical (unpaired) electrons. The third-order valence-electron chi connectivity index (χ3n) is 7.87. The summed E-state index contributed by atoms with van der Waals surface area (Å²) in [6, 6.07) is 12.4. The number of amides is 1. The number of benzene rings is 1. The Bertz CT molecular complexity index is 1410. The molecule has 4 heterocycles. The van der Waals surface area contributed by atoms with Crippen molar-refractivity contribution in [3.63, 3.8) is 0 Å². The fraction of sp³-hybridized carbons (Fsp3) is 0.433. The Morgan fingerprint density at radius 3 is 2.72 bits per heavy atom. The van der Waals surface area contributed by atoms with Crippen LogP contribution in [0.25, 0.3) is 22.4 Å². The molecule has 2 aliphatic heterocycles. The highest BCUT2D eigenvalue weighted by molar-refractivity contribution is 7.19. The van der Waals surface area contributed by atoms with Crippen LogP contribution in [0.4, 0.5) is 15.5 Å². The van der Waals surface area contributed by atoms with Crippen LogP contribution in [-0.4, -0.2) is 72.3 Å². The highest BCUT2D eigenvalue weighted by Crippen LogP contribution is 2.49. The molecule has 2 saturated heterocycles. The molecule has 2 aromatic heterocycles. The molecule has 39 heavy (non-hydrogen) atoms. The number of carbonyl (C=O) groups excluding carboxylic acids is 1. The van der Waals surface area contributed by atoms with Gasteiger partial charge in [-0.3, -0.25) is 9.78 Å². The molecule has 1 aromatic carbocycles. The van der Waals surface area contributed by atoms with E-state index >= 15 is 0 Å². The van der Waals surface area contributed by atoms with Gasteiger partial charge in [0.15, 0.2) is 5.78 Å². The summed E-state index contributed by atoms with van der Waals surface area (Å²) in [5.41, 5.74) is 6.14. The zero-order valence-electron chi connectivity index (χ0n) is 22.4. The molecule has 3 aromatic rings. The molecule has 8 nitrogen and oxygen atoms in total. The van der Waals surface area contributed by atoms with Gasteiger partial charge in [0, 0.05) is 61.7 Å². The van der Waals surface area contributed by atoms with Gasteiger partial charge < -0.3 is 25.0 Å². The smallest absolute Gasteiger partial charge is 0.407 e. The number of nitrogens with zero attached hydrogens (tertiary/aromatic N) is 3. The summed E-state index contributed by atoms with van der Waals surface area (Å²) in [7, 11) is 0. The van der Waals surface area contributed by atoms with Gasteiger partial charge in [0.05, 0.1) is 28.8 Å². The molecule has 0 unspecified atom stereocenters. The zero-order valence-corrected chi connectivity index (χ0v) is 23.2. The van der Waals surface area contributed by atoms with Crippen molar-refractivity contribution < 1.29 is 19.4 Å². The topological polar surface area (TPSA) is 95.0 Å². The van der Waals surface area contributed by atoms with Crippen LogP contribution in [0.1, 0.15) is 41.9 Å². The third-order valence-corrected chi connectivity index (χ3v) is 9.20. The molecule has 1 atom stereocenters. The van der Waals surface area contributed by atoms with E-state index in [1.807, 2.05) is 24.4 Å². The Morgan fingerprint density at radius 2 is 1.95 bits per heavy atom. The number of morpholine rings is 1. The van der Waals surface area contributed by atoms with E-state index in [-0.39, 0.29) is 17.2 Å². The molecule has 204 valence electrons. The largest absolute Gasteiger partial charge is 0.465 e. The van der Waals surface area contributed by atoms with E-state index < -0.39 is 6.09 Å². The van der Waals surface area contributed by atoms with Gasteiger partial charge in [0.25, 0.3) is 0 Å². The molecule has 1 aliphatic carbocycles.